The van der Waals surface area contributed by atoms with Crippen molar-refractivity contribution < 1.29 is 23.7 Å². The number of hydrogen-bond donors (Lipinski definition) is 1. The maximum absolute atomic E-state index is 12.7. The zero-order valence-corrected chi connectivity index (χ0v) is 23.3. The zero-order chi connectivity index (χ0) is 28.8. The monoisotopic (exact) mass is 555 g/mol. The lowest BCUT2D eigenvalue weighted by Crippen LogP contribution is -2.36. The molecule has 9 heteroatoms. The summed E-state index contributed by atoms with van der Waals surface area (Å²) in [4.78, 5) is 27.9. The van der Waals surface area contributed by atoms with Crippen LogP contribution in [0.5, 0.6) is 11.5 Å². The molecule has 2 heterocycles. The Morgan fingerprint density at radius 2 is 1.49 bits per heavy atom. The molecule has 2 atom stereocenters. The van der Waals surface area contributed by atoms with Crippen LogP contribution in [0.1, 0.15) is 42.7 Å². The van der Waals surface area contributed by atoms with Gasteiger partial charge >= 0.3 is 5.69 Å². The molecule has 1 aromatic heterocycles. The predicted molar refractivity (Wildman–Crippen MR) is 154 cm³/mol. The molecule has 1 aliphatic rings. The number of nitrogens with one attached hydrogen (secondary N) is 1. The predicted octanol–water partition coefficient (Wildman–Crippen LogP) is 4.91. The number of methoxy groups -OCH3 is 2. The summed E-state index contributed by atoms with van der Waals surface area (Å²) in [6.07, 6.45) is 2.17. The van der Waals surface area contributed by atoms with E-state index in [0.29, 0.717) is 12.8 Å². The molecule has 1 amide bonds. The number of nitrogens with zero attached hydrogens (tertiary/aromatic N) is 2. The van der Waals surface area contributed by atoms with Crippen molar-refractivity contribution in [2.24, 2.45) is 0 Å². The van der Waals surface area contributed by atoms with Crippen molar-refractivity contribution in [2.75, 3.05) is 26.1 Å². The molecule has 0 aliphatic carbocycles. The van der Waals surface area contributed by atoms with Crippen molar-refractivity contribution in [3.63, 3.8) is 0 Å². The molecule has 1 fully saturated rings. The maximum Gasteiger partial charge on any atom is 0.351 e. The Labute approximate surface area is 238 Å². The average Bonchev–Trinajstić information content (AvgIpc) is 3.47. The number of amides is 1. The Kier molecular flexibility index (Phi) is 8.47. The minimum atomic E-state index is -0.959. The maximum atomic E-state index is 12.7. The number of benzene rings is 3. The van der Waals surface area contributed by atoms with Crippen LogP contribution in [0.2, 0.25) is 0 Å². The number of anilines is 1. The van der Waals surface area contributed by atoms with Crippen LogP contribution in [0.3, 0.4) is 0 Å². The van der Waals surface area contributed by atoms with Crippen LogP contribution in [0, 0.1) is 0 Å². The summed E-state index contributed by atoms with van der Waals surface area (Å²) in [6, 6.07) is 27.4. The van der Waals surface area contributed by atoms with Crippen LogP contribution in [-0.2, 0) is 19.9 Å². The summed E-state index contributed by atoms with van der Waals surface area (Å²) < 4.78 is 25.5. The Balaban J connectivity index is 1.46. The van der Waals surface area contributed by atoms with E-state index in [1.807, 2.05) is 66.7 Å². The minimum absolute atomic E-state index is 0.211. The van der Waals surface area contributed by atoms with Crippen LogP contribution in [-0.4, -0.2) is 42.4 Å². The lowest BCUT2D eigenvalue weighted by atomic mass is 9.80. The number of aromatic nitrogens is 2. The molecule has 212 valence electrons. The van der Waals surface area contributed by atoms with E-state index in [9.17, 15) is 9.59 Å². The second-order valence-corrected chi connectivity index (χ2v) is 9.79. The van der Waals surface area contributed by atoms with Crippen LogP contribution in [0.4, 0.5) is 5.82 Å². The third kappa shape index (κ3) is 6.01. The summed E-state index contributed by atoms with van der Waals surface area (Å²) in [5.74, 6) is 1.41. The minimum Gasteiger partial charge on any atom is -0.497 e. The van der Waals surface area contributed by atoms with Gasteiger partial charge in [-0.25, -0.2) is 4.79 Å². The van der Waals surface area contributed by atoms with Crippen LogP contribution < -0.4 is 20.5 Å². The molecule has 0 saturated carbocycles. The molecule has 2 unspecified atom stereocenters. The fourth-order valence-corrected chi connectivity index (χ4v) is 5.19. The van der Waals surface area contributed by atoms with E-state index in [2.05, 4.69) is 22.4 Å². The van der Waals surface area contributed by atoms with Gasteiger partial charge < -0.3 is 24.3 Å². The summed E-state index contributed by atoms with van der Waals surface area (Å²) in [5, 5.41) is 2.53. The van der Waals surface area contributed by atoms with Crippen molar-refractivity contribution in [1.82, 2.24) is 9.55 Å². The Morgan fingerprint density at radius 3 is 2.02 bits per heavy atom. The molecule has 0 spiro atoms. The number of carbonyl (C=O) groups excluding carboxylic acids is 1. The Bertz CT molecular complexity index is 1470. The molecule has 4 aromatic rings. The summed E-state index contributed by atoms with van der Waals surface area (Å²) >= 11 is 0. The molecule has 1 aliphatic heterocycles. The standard InChI is InChI=1S/C32H33N3O6/c1-22(36)33-29-19-20-35(31(37)34-29)30-18-17-28(41-30)21-40-32(23-7-5-4-6-8-23,24-9-13-26(38-2)14-10-24)25-11-15-27(39-3)16-12-25/h4-16,19-20,28,30H,17-18,21H2,1-3H3,(H,33,34,36,37). The van der Waals surface area contributed by atoms with Gasteiger partial charge in [0, 0.05) is 13.1 Å². The lowest BCUT2D eigenvalue weighted by molar-refractivity contribution is -0.114. The first-order valence-corrected chi connectivity index (χ1v) is 13.4. The number of hydrogen-bond acceptors (Lipinski definition) is 7. The second kappa shape index (κ2) is 12.4. The molecular weight excluding hydrogens is 522 g/mol. The first kappa shape index (κ1) is 28.1. The van der Waals surface area contributed by atoms with E-state index in [4.69, 9.17) is 18.9 Å². The number of ether oxygens (including phenoxy) is 4. The SMILES string of the molecule is COc1ccc(C(OCC2CCC(n3ccc(NC(C)=O)nc3=O)O2)(c2ccccc2)c2ccc(OC)cc2)cc1. The van der Waals surface area contributed by atoms with Crippen molar-refractivity contribution in [3.05, 3.63) is 118 Å². The van der Waals surface area contributed by atoms with Crippen molar-refractivity contribution in [2.45, 2.75) is 37.7 Å². The van der Waals surface area contributed by atoms with Gasteiger partial charge in [0.1, 0.15) is 29.1 Å². The highest BCUT2D eigenvalue weighted by Crippen LogP contribution is 2.42. The van der Waals surface area contributed by atoms with E-state index < -0.39 is 17.5 Å². The Morgan fingerprint density at radius 1 is 0.902 bits per heavy atom. The topological polar surface area (TPSA) is 101 Å². The smallest absolute Gasteiger partial charge is 0.351 e. The molecule has 41 heavy (non-hydrogen) atoms. The molecule has 1 saturated heterocycles. The average molecular weight is 556 g/mol. The van der Waals surface area contributed by atoms with Gasteiger partial charge in [0.05, 0.1) is 26.9 Å². The van der Waals surface area contributed by atoms with E-state index in [1.54, 1.807) is 26.5 Å². The molecule has 5 rings (SSSR count). The van der Waals surface area contributed by atoms with Gasteiger partial charge in [-0.2, -0.15) is 4.98 Å². The molecule has 3 aromatic carbocycles. The van der Waals surface area contributed by atoms with E-state index in [0.717, 1.165) is 28.2 Å². The molecule has 9 nitrogen and oxygen atoms in total. The third-order valence-electron chi connectivity index (χ3n) is 7.19. The third-order valence-corrected chi connectivity index (χ3v) is 7.19. The highest BCUT2D eigenvalue weighted by atomic mass is 16.6. The molecular formula is C32H33N3O6. The van der Waals surface area contributed by atoms with Crippen LogP contribution in [0.15, 0.2) is 95.9 Å². The first-order valence-electron chi connectivity index (χ1n) is 13.4. The van der Waals surface area contributed by atoms with Gasteiger partial charge in [-0.15, -0.1) is 0 Å². The van der Waals surface area contributed by atoms with Gasteiger partial charge in [-0.3, -0.25) is 9.36 Å². The number of carbonyl (C=O) groups is 1. The number of rotatable bonds is 10. The van der Waals surface area contributed by atoms with Crippen molar-refractivity contribution in [3.8, 4) is 11.5 Å². The van der Waals surface area contributed by atoms with Gasteiger partial charge in [0.25, 0.3) is 0 Å². The fraction of sp³-hybridized carbons (Fsp3) is 0.281. The fourth-order valence-electron chi connectivity index (χ4n) is 5.19. The highest BCUT2D eigenvalue weighted by molar-refractivity contribution is 5.87. The van der Waals surface area contributed by atoms with E-state index in [1.165, 1.54) is 11.5 Å². The first-order chi connectivity index (χ1) is 19.9. The quantitative estimate of drug-likeness (QED) is 0.278. The summed E-state index contributed by atoms with van der Waals surface area (Å²) in [6.45, 7) is 1.64. The Hall–Kier alpha value is -4.47. The van der Waals surface area contributed by atoms with Gasteiger partial charge in [-0.1, -0.05) is 54.6 Å². The summed E-state index contributed by atoms with van der Waals surface area (Å²) in [7, 11) is 3.28. The normalized spacial score (nSPS) is 16.8. The van der Waals surface area contributed by atoms with Crippen LogP contribution >= 0.6 is 0 Å². The molecule has 0 radical (unpaired) electrons. The van der Waals surface area contributed by atoms with E-state index in [-0.39, 0.29) is 24.4 Å². The van der Waals surface area contributed by atoms with Crippen LogP contribution in [0.25, 0.3) is 0 Å². The second-order valence-electron chi connectivity index (χ2n) is 9.79. The van der Waals surface area contributed by atoms with Gasteiger partial charge in [0.15, 0.2) is 0 Å². The highest BCUT2D eigenvalue weighted by Gasteiger charge is 2.39. The summed E-state index contributed by atoms with van der Waals surface area (Å²) in [5.41, 5.74) is 1.37. The largest absolute Gasteiger partial charge is 0.497 e. The van der Waals surface area contributed by atoms with Gasteiger partial charge in [-0.05, 0) is 59.9 Å². The molecule has 1 N–H and O–H groups in total. The van der Waals surface area contributed by atoms with E-state index >= 15 is 0 Å². The zero-order valence-electron chi connectivity index (χ0n) is 23.3. The lowest BCUT2D eigenvalue weighted by Gasteiger charge is -2.37. The molecule has 0 bridgehead atoms. The van der Waals surface area contributed by atoms with Crippen molar-refractivity contribution >= 4 is 11.7 Å². The van der Waals surface area contributed by atoms with Crippen molar-refractivity contribution in [1.29, 1.82) is 0 Å². The van der Waals surface area contributed by atoms with Gasteiger partial charge in [0.2, 0.25) is 5.91 Å².